The fourth-order valence-corrected chi connectivity index (χ4v) is 15.3. The van der Waals surface area contributed by atoms with Gasteiger partial charge in [0.2, 0.25) is 0 Å². The van der Waals surface area contributed by atoms with Crippen LogP contribution >= 0.6 is 0 Å². The van der Waals surface area contributed by atoms with Crippen molar-refractivity contribution in [3.05, 3.63) is 399 Å². The second-order valence-corrected chi connectivity index (χ2v) is 28.2. The molecular formula is C104H70N6. The zero-order valence-corrected chi connectivity index (χ0v) is 60.6. The van der Waals surface area contributed by atoms with Crippen LogP contribution in [0.25, 0.3) is 200 Å². The first-order valence-corrected chi connectivity index (χ1v) is 37.4. The number of fused-ring (bicyclic) bond motifs is 8. The van der Waals surface area contributed by atoms with E-state index in [0.29, 0.717) is 5.82 Å². The molecule has 4 heterocycles. The highest BCUT2D eigenvalue weighted by Gasteiger charge is 2.20. The monoisotopic (exact) mass is 1400 g/mol. The minimum atomic E-state index is 0.707. The number of hydrogen-bond donors (Lipinski definition) is 0. The summed E-state index contributed by atoms with van der Waals surface area (Å²) in [5.74, 6) is 1.43. The van der Waals surface area contributed by atoms with Crippen LogP contribution in [0.2, 0.25) is 0 Å². The van der Waals surface area contributed by atoms with E-state index in [1.54, 1.807) is 0 Å². The lowest BCUT2D eigenvalue weighted by molar-refractivity contribution is 1.18. The van der Waals surface area contributed by atoms with Gasteiger partial charge in [-0.15, -0.1) is 0 Å². The van der Waals surface area contributed by atoms with Crippen molar-refractivity contribution in [2.24, 2.45) is 0 Å². The number of para-hydroxylation sites is 2. The molecule has 0 aliphatic carbocycles. The minimum Gasteiger partial charge on any atom is -0.247 e. The maximum Gasteiger partial charge on any atom is 0.160 e. The van der Waals surface area contributed by atoms with Gasteiger partial charge in [0.15, 0.2) is 11.6 Å². The van der Waals surface area contributed by atoms with Crippen molar-refractivity contribution in [2.45, 2.75) is 13.8 Å². The summed E-state index contributed by atoms with van der Waals surface area (Å²) >= 11 is 0. The fraction of sp³-hybridized carbons (Fsp3) is 0.0192. The van der Waals surface area contributed by atoms with Crippen LogP contribution in [0.4, 0.5) is 0 Å². The van der Waals surface area contributed by atoms with Crippen molar-refractivity contribution in [3.63, 3.8) is 0 Å². The Morgan fingerprint density at radius 2 is 0.473 bits per heavy atom. The topological polar surface area (TPSA) is 77.3 Å². The second kappa shape index (κ2) is 28.8. The smallest absolute Gasteiger partial charge is 0.160 e. The molecule has 4 aromatic heterocycles. The number of aryl methyl sites for hydroxylation is 2. The van der Waals surface area contributed by atoms with E-state index in [1.165, 1.54) is 65.7 Å². The molecule has 6 nitrogen and oxygen atoms in total. The van der Waals surface area contributed by atoms with Gasteiger partial charge in [-0.1, -0.05) is 363 Å². The molecule has 20 rings (SSSR count). The molecule has 0 fully saturated rings. The molecule has 0 N–H and O–H groups in total. The molecule has 0 unspecified atom stereocenters. The number of pyridine rings is 2. The van der Waals surface area contributed by atoms with Crippen LogP contribution in [0, 0.1) is 13.8 Å². The summed E-state index contributed by atoms with van der Waals surface area (Å²) in [5.41, 5.74) is 27.9. The number of benzene rings is 16. The van der Waals surface area contributed by atoms with Crippen molar-refractivity contribution in [3.8, 4) is 135 Å². The van der Waals surface area contributed by atoms with Crippen LogP contribution in [0.3, 0.4) is 0 Å². The Hall–Kier alpha value is -14.5. The van der Waals surface area contributed by atoms with Gasteiger partial charge in [0.05, 0.1) is 45.2 Å². The molecule has 6 heteroatoms. The summed E-state index contributed by atoms with van der Waals surface area (Å²) in [6, 6.07) is 137. The number of rotatable bonds is 12. The summed E-state index contributed by atoms with van der Waals surface area (Å²) in [7, 11) is 0. The van der Waals surface area contributed by atoms with Crippen molar-refractivity contribution < 1.29 is 0 Å². The highest BCUT2D eigenvalue weighted by Crippen LogP contribution is 2.43. The van der Waals surface area contributed by atoms with Crippen molar-refractivity contribution in [2.75, 3.05) is 0 Å². The zero-order valence-electron chi connectivity index (χ0n) is 60.6. The molecule has 0 bridgehead atoms. The predicted molar refractivity (Wildman–Crippen MR) is 459 cm³/mol. The third-order valence-corrected chi connectivity index (χ3v) is 21.1. The molecule has 0 radical (unpaired) electrons. The highest BCUT2D eigenvalue weighted by molar-refractivity contribution is 6.18. The quantitative estimate of drug-likeness (QED) is 0.113. The summed E-state index contributed by atoms with van der Waals surface area (Å²) < 4.78 is 0. The zero-order chi connectivity index (χ0) is 73.4. The van der Waals surface area contributed by atoms with Gasteiger partial charge in [-0.2, -0.15) is 0 Å². The normalized spacial score (nSPS) is 11.4. The Morgan fingerprint density at radius 3 is 0.900 bits per heavy atom. The molecule has 0 aliphatic rings. The van der Waals surface area contributed by atoms with E-state index < -0.39 is 0 Å². The third kappa shape index (κ3) is 13.1. The third-order valence-electron chi connectivity index (χ3n) is 21.1. The van der Waals surface area contributed by atoms with Crippen LogP contribution in [0.15, 0.2) is 388 Å². The van der Waals surface area contributed by atoms with Crippen LogP contribution < -0.4 is 0 Å². The second-order valence-electron chi connectivity index (χ2n) is 28.2. The molecule has 110 heavy (non-hydrogen) atoms. The Morgan fingerprint density at radius 1 is 0.173 bits per heavy atom. The Bertz CT molecular complexity index is 6680. The molecule has 0 spiro atoms. The van der Waals surface area contributed by atoms with Gasteiger partial charge in [-0.05, 0) is 116 Å². The van der Waals surface area contributed by atoms with E-state index >= 15 is 0 Å². The Balaban J connectivity index is 0.000000150. The first kappa shape index (κ1) is 66.2. The molecule has 0 amide bonds. The molecule has 516 valence electrons. The SMILES string of the molecule is Cc1ccc(-c2cc(-c3ccc(-c4ccc(-c5cccc6c(-c7ccccc7)nc7ccccc7c56)cc4)cc3)nc(-c3ccc(C)cc3)n2)cc1.c1ccc(-c2nc3ccccc3c3c(-c4ccc(-c5ccc(-c6cc(-c7ccc8ccccc8c7)nc(-c7ccc8ccccc8c7)n6)cc5)cc4)cccc23)cc1. The van der Waals surface area contributed by atoms with Crippen molar-refractivity contribution in [1.82, 2.24) is 29.9 Å². The summed E-state index contributed by atoms with van der Waals surface area (Å²) in [4.78, 5) is 30.6. The maximum atomic E-state index is 5.17. The van der Waals surface area contributed by atoms with Crippen molar-refractivity contribution in [1.29, 1.82) is 0 Å². The van der Waals surface area contributed by atoms with Crippen molar-refractivity contribution >= 4 is 64.9 Å². The van der Waals surface area contributed by atoms with E-state index in [-0.39, 0.29) is 0 Å². The van der Waals surface area contributed by atoms with Crippen LogP contribution in [0.1, 0.15) is 11.1 Å². The first-order chi connectivity index (χ1) is 54.3. The lowest BCUT2D eigenvalue weighted by atomic mass is 9.92. The largest absolute Gasteiger partial charge is 0.247 e. The van der Waals surface area contributed by atoms with Crippen LogP contribution in [-0.4, -0.2) is 29.9 Å². The van der Waals surface area contributed by atoms with E-state index in [1.807, 2.05) is 6.07 Å². The van der Waals surface area contributed by atoms with E-state index in [0.717, 1.165) is 139 Å². The highest BCUT2D eigenvalue weighted by atomic mass is 14.9. The number of nitrogens with zero attached hydrogens (tertiary/aromatic N) is 6. The van der Waals surface area contributed by atoms with Gasteiger partial charge in [0.1, 0.15) is 0 Å². The van der Waals surface area contributed by atoms with E-state index in [9.17, 15) is 0 Å². The lowest BCUT2D eigenvalue weighted by Gasteiger charge is -2.14. The van der Waals surface area contributed by atoms with Gasteiger partial charge >= 0.3 is 0 Å². The van der Waals surface area contributed by atoms with E-state index in [4.69, 9.17) is 29.9 Å². The lowest BCUT2D eigenvalue weighted by Crippen LogP contribution is -1.96. The number of aromatic nitrogens is 6. The van der Waals surface area contributed by atoms with Gasteiger partial charge in [-0.3, -0.25) is 0 Å². The molecule has 0 atom stereocenters. The molecular weight excluding hydrogens is 1330 g/mol. The average Bonchev–Trinajstić information content (AvgIpc) is 0.754. The van der Waals surface area contributed by atoms with Gasteiger partial charge < -0.3 is 0 Å². The summed E-state index contributed by atoms with van der Waals surface area (Å²) in [5, 5.41) is 11.8. The summed E-state index contributed by atoms with van der Waals surface area (Å²) in [6.45, 7) is 4.20. The molecule has 0 aliphatic heterocycles. The standard InChI is InChI=1S/C55H35N3.C49H35N3/c1-2-13-42(14-3-1)54-49-19-10-18-47(53(49)48-17-8-9-20-50(48)56-54)40-27-21-38(22-28-40)39-23-29-41(30-24-39)51-35-52(45-31-25-36-11-4-6-15-43(36)33-45)58-55(57-51)46-32-26-37-12-5-7-16-44(37)34-46;1-32-15-19-37(20-16-32)45-31-46(52-49(51-45)40-21-17-33(2)18-22-40)38-29-25-35(26-30-38)34-23-27-36(28-24-34)41-12-8-13-43-47(41)42-11-6-7-14-44(42)50-48(43)39-9-4-3-5-10-39/h1-35H;3-31H,1-2H3. The Labute approximate surface area is 638 Å². The molecule has 20 aromatic rings. The Kier molecular flexibility index (Phi) is 17.3. The fourth-order valence-electron chi connectivity index (χ4n) is 15.3. The van der Waals surface area contributed by atoms with E-state index in [2.05, 4.69) is 396 Å². The van der Waals surface area contributed by atoms with Crippen LogP contribution in [-0.2, 0) is 0 Å². The maximum absolute atomic E-state index is 5.17. The van der Waals surface area contributed by atoms with Gasteiger partial charge in [0, 0.05) is 76.8 Å². The van der Waals surface area contributed by atoms with Gasteiger partial charge in [-0.25, -0.2) is 29.9 Å². The molecule has 0 saturated heterocycles. The first-order valence-electron chi connectivity index (χ1n) is 37.4. The minimum absolute atomic E-state index is 0.707. The predicted octanol–water partition coefficient (Wildman–Crippen LogP) is 27.3. The average molecular weight is 1400 g/mol. The van der Waals surface area contributed by atoms with Crippen LogP contribution in [0.5, 0.6) is 0 Å². The summed E-state index contributed by atoms with van der Waals surface area (Å²) in [6.07, 6.45) is 0. The van der Waals surface area contributed by atoms with Gasteiger partial charge in [0.25, 0.3) is 0 Å². The molecule has 0 saturated carbocycles. The number of hydrogen-bond acceptors (Lipinski definition) is 6. The molecule has 16 aromatic carbocycles.